The van der Waals surface area contributed by atoms with Crippen molar-refractivity contribution in [2.75, 3.05) is 36.4 Å². The van der Waals surface area contributed by atoms with E-state index < -0.39 is 0 Å². The highest BCUT2D eigenvalue weighted by Gasteiger charge is 2.22. The van der Waals surface area contributed by atoms with E-state index in [4.69, 9.17) is 5.26 Å². The van der Waals surface area contributed by atoms with E-state index in [-0.39, 0.29) is 5.91 Å². The van der Waals surface area contributed by atoms with Crippen molar-refractivity contribution < 1.29 is 4.79 Å². The molecule has 0 bridgehead atoms. The van der Waals surface area contributed by atoms with Crippen LogP contribution in [0.3, 0.4) is 0 Å². The normalized spacial score (nSPS) is 14.0. The van der Waals surface area contributed by atoms with E-state index >= 15 is 0 Å². The summed E-state index contributed by atoms with van der Waals surface area (Å²) in [4.78, 5) is 17.5. The zero-order chi connectivity index (χ0) is 20.8. The molecule has 0 spiro atoms. The molecule has 0 saturated carbocycles. The molecular formula is C25H24N4O. The number of benzene rings is 3. The van der Waals surface area contributed by atoms with Gasteiger partial charge in [-0.25, -0.2) is 0 Å². The van der Waals surface area contributed by atoms with Gasteiger partial charge < -0.3 is 15.1 Å². The van der Waals surface area contributed by atoms with Crippen LogP contribution in [-0.2, 0) is 0 Å². The lowest BCUT2D eigenvalue weighted by atomic mass is 10.1. The zero-order valence-corrected chi connectivity index (χ0v) is 16.8. The van der Waals surface area contributed by atoms with Gasteiger partial charge in [-0.1, -0.05) is 30.3 Å². The molecule has 150 valence electrons. The Kier molecular flexibility index (Phi) is 5.95. The van der Waals surface area contributed by atoms with Crippen molar-refractivity contribution in [1.29, 1.82) is 5.26 Å². The molecule has 3 aromatic rings. The van der Waals surface area contributed by atoms with Crippen LogP contribution in [0.5, 0.6) is 0 Å². The molecule has 0 unspecified atom stereocenters. The molecule has 4 rings (SSSR count). The second-order valence-electron chi connectivity index (χ2n) is 7.33. The van der Waals surface area contributed by atoms with E-state index in [1.54, 1.807) is 0 Å². The van der Waals surface area contributed by atoms with Crippen LogP contribution in [0, 0.1) is 11.3 Å². The highest BCUT2D eigenvalue weighted by Crippen LogP contribution is 2.23. The first-order valence-electron chi connectivity index (χ1n) is 10.2. The van der Waals surface area contributed by atoms with Gasteiger partial charge in [-0.15, -0.1) is 0 Å². The maximum Gasteiger partial charge on any atom is 0.256 e. The van der Waals surface area contributed by atoms with Crippen molar-refractivity contribution in [2.24, 2.45) is 0 Å². The number of carbonyl (C=O) groups is 1. The van der Waals surface area contributed by atoms with Crippen LogP contribution in [0.25, 0.3) is 0 Å². The van der Waals surface area contributed by atoms with Crippen molar-refractivity contribution >= 4 is 23.0 Å². The minimum absolute atomic E-state index is 0.0516. The van der Waals surface area contributed by atoms with Crippen LogP contribution < -0.4 is 10.2 Å². The number of nitriles is 1. The van der Waals surface area contributed by atoms with Crippen LogP contribution >= 0.6 is 0 Å². The monoisotopic (exact) mass is 396 g/mol. The lowest BCUT2D eigenvalue weighted by molar-refractivity contribution is 0.0768. The van der Waals surface area contributed by atoms with Gasteiger partial charge in [-0.3, -0.25) is 4.79 Å². The molecule has 1 amide bonds. The first-order chi connectivity index (χ1) is 14.7. The minimum atomic E-state index is 0.0516. The molecule has 5 nitrogen and oxygen atoms in total. The average molecular weight is 396 g/mol. The van der Waals surface area contributed by atoms with Gasteiger partial charge in [0.2, 0.25) is 0 Å². The second-order valence-corrected chi connectivity index (χ2v) is 7.33. The van der Waals surface area contributed by atoms with Crippen molar-refractivity contribution in [3.8, 4) is 6.07 Å². The maximum atomic E-state index is 13.3. The van der Waals surface area contributed by atoms with Gasteiger partial charge in [0.05, 0.1) is 22.9 Å². The summed E-state index contributed by atoms with van der Waals surface area (Å²) in [5.74, 6) is 0.0516. The van der Waals surface area contributed by atoms with Crippen LogP contribution in [0.4, 0.5) is 17.1 Å². The highest BCUT2D eigenvalue weighted by atomic mass is 16.2. The summed E-state index contributed by atoms with van der Waals surface area (Å²) in [5, 5.41) is 12.4. The van der Waals surface area contributed by atoms with Gasteiger partial charge in [-0.05, 0) is 55.0 Å². The number of carbonyl (C=O) groups excluding carboxylic acids is 1. The van der Waals surface area contributed by atoms with Gasteiger partial charge >= 0.3 is 0 Å². The van der Waals surface area contributed by atoms with Crippen LogP contribution in [0.15, 0.2) is 78.9 Å². The summed E-state index contributed by atoms with van der Waals surface area (Å²) in [5.41, 5.74) is 4.22. The van der Waals surface area contributed by atoms with Crippen molar-refractivity contribution in [3.05, 3.63) is 90.0 Å². The molecule has 1 saturated heterocycles. The predicted molar refractivity (Wildman–Crippen MR) is 120 cm³/mol. The molecule has 1 aliphatic heterocycles. The van der Waals surface area contributed by atoms with Crippen LogP contribution in [0.1, 0.15) is 22.3 Å². The molecule has 1 fully saturated rings. The Bertz CT molecular complexity index is 1040. The van der Waals surface area contributed by atoms with Crippen LogP contribution in [0.2, 0.25) is 0 Å². The lowest BCUT2D eigenvalue weighted by Gasteiger charge is -2.24. The minimum Gasteiger partial charge on any atom is -0.370 e. The molecule has 5 heteroatoms. The van der Waals surface area contributed by atoms with Gasteiger partial charge in [0, 0.05) is 37.6 Å². The van der Waals surface area contributed by atoms with Crippen molar-refractivity contribution in [1.82, 2.24) is 4.90 Å². The summed E-state index contributed by atoms with van der Waals surface area (Å²) < 4.78 is 0. The Labute approximate surface area is 177 Å². The summed E-state index contributed by atoms with van der Waals surface area (Å²) in [6.07, 6.45) is 0.903. The summed E-state index contributed by atoms with van der Waals surface area (Å²) in [6.45, 7) is 3.05. The Morgan fingerprint density at radius 3 is 2.33 bits per heavy atom. The molecule has 0 radical (unpaired) electrons. The number of amides is 1. The highest BCUT2D eigenvalue weighted by molar-refractivity contribution is 6.00. The predicted octanol–water partition coefficient (Wildman–Crippen LogP) is 4.65. The number of nitrogens with one attached hydrogen (secondary N) is 1. The zero-order valence-electron chi connectivity index (χ0n) is 16.8. The molecule has 30 heavy (non-hydrogen) atoms. The Morgan fingerprint density at radius 1 is 0.833 bits per heavy atom. The molecule has 3 aromatic carbocycles. The molecule has 1 heterocycles. The second kappa shape index (κ2) is 9.15. The molecule has 0 aliphatic carbocycles. The largest absolute Gasteiger partial charge is 0.370 e. The van der Waals surface area contributed by atoms with Crippen molar-refractivity contribution in [2.45, 2.75) is 6.42 Å². The van der Waals surface area contributed by atoms with Gasteiger partial charge in [0.25, 0.3) is 5.91 Å². The van der Waals surface area contributed by atoms with Crippen molar-refractivity contribution in [3.63, 3.8) is 0 Å². The van der Waals surface area contributed by atoms with E-state index in [2.05, 4.69) is 16.3 Å². The fourth-order valence-corrected chi connectivity index (χ4v) is 3.75. The molecule has 1 N–H and O–H groups in total. The first-order valence-corrected chi connectivity index (χ1v) is 10.2. The van der Waals surface area contributed by atoms with E-state index in [0.717, 1.165) is 43.1 Å². The number of rotatable bonds is 4. The topological polar surface area (TPSA) is 59.4 Å². The van der Waals surface area contributed by atoms with Gasteiger partial charge in [0.15, 0.2) is 0 Å². The third-order valence-electron chi connectivity index (χ3n) is 5.35. The molecule has 0 atom stereocenters. The lowest BCUT2D eigenvalue weighted by Crippen LogP contribution is -2.35. The fraction of sp³-hybridized carbons (Fsp3) is 0.200. The number of nitrogens with zero attached hydrogens (tertiary/aromatic N) is 3. The van der Waals surface area contributed by atoms with Crippen LogP contribution in [-0.4, -0.2) is 37.0 Å². The number of anilines is 3. The van der Waals surface area contributed by atoms with E-state index in [0.29, 0.717) is 17.7 Å². The third kappa shape index (κ3) is 4.44. The number of hydrogen-bond acceptors (Lipinski definition) is 4. The Morgan fingerprint density at radius 2 is 1.57 bits per heavy atom. The third-order valence-corrected chi connectivity index (χ3v) is 5.35. The number of para-hydroxylation sites is 2. The standard InChI is InChI=1S/C25H24N4O/c26-19-20-11-13-22(14-12-20)28-15-6-16-29(18-17-28)25(30)23-9-4-5-10-24(23)27-21-7-2-1-3-8-21/h1-5,7-14,27H,6,15-18H2. The molecular weight excluding hydrogens is 372 g/mol. The SMILES string of the molecule is N#Cc1ccc(N2CCCN(C(=O)c3ccccc3Nc3ccccc3)CC2)cc1. The van der Waals surface area contributed by atoms with E-state index in [1.165, 1.54) is 0 Å². The fourth-order valence-electron chi connectivity index (χ4n) is 3.75. The smallest absolute Gasteiger partial charge is 0.256 e. The van der Waals surface area contributed by atoms with Gasteiger partial charge in [0.1, 0.15) is 0 Å². The summed E-state index contributed by atoms with van der Waals surface area (Å²) in [6, 6.07) is 27.4. The number of hydrogen-bond donors (Lipinski definition) is 1. The Hall–Kier alpha value is -3.78. The van der Waals surface area contributed by atoms with Gasteiger partial charge in [-0.2, -0.15) is 5.26 Å². The average Bonchev–Trinajstić information content (AvgIpc) is 3.06. The summed E-state index contributed by atoms with van der Waals surface area (Å²) in [7, 11) is 0. The Balaban J connectivity index is 1.47. The van der Waals surface area contributed by atoms with E-state index in [1.807, 2.05) is 83.8 Å². The first kappa shape index (κ1) is 19.5. The van der Waals surface area contributed by atoms with E-state index in [9.17, 15) is 4.79 Å². The maximum absolute atomic E-state index is 13.3. The summed E-state index contributed by atoms with van der Waals surface area (Å²) >= 11 is 0. The molecule has 0 aromatic heterocycles. The quantitative estimate of drug-likeness (QED) is 0.697. The molecule has 1 aliphatic rings.